The summed E-state index contributed by atoms with van der Waals surface area (Å²) in [5.41, 5.74) is 1.71. The topological polar surface area (TPSA) is 96.0 Å². The number of nitrogens with zero attached hydrogens (tertiary/aromatic N) is 2. The Morgan fingerprint density at radius 2 is 1.59 bits per heavy atom. The van der Waals surface area contributed by atoms with Crippen LogP contribution < -0.4 is 14.4 Å². The number of anilines is 1. The Morgan fingerprint density at radius 3 is 2.15 bits per heavy atom. The molecule has 0 fully saturated rings. The molecular formula is C32H41N3O5S. The Hall–Kier alpha value is -3.85. The Morgan fingerprint density at radius 1 is 0.927 bits per heavy atom. The van der Waals surface area contributed by atoms with Crippen molar-refractivity contribution in [3.63, 3.8) is 0 Å². The SMILES string of the molecule is CCOc1ccc(S(=O)(=O)N(CC(=O)N(Cc2cccc(C)c2)[C@@H](CC)C(=O)NC(C)(C)C)c2ccccc2)cc1. The lowest BCUT2D eigenvalue weighted by Crippen LogP contribution is -2.55. The van der Waals surface area contributed by atoms with Gasteiger partial charge in [0.05, 0.1) is 17.2 Å². The van der Waals surface area contributed by atoms with E-state index in [2.05, 4.69) is 5.32 Å². The molecule has 0 unspecified atom stereocenters. The van der Waals surface area contributed by atoms with E-state index in [0.29, 0.717) is 24.5 Å². The molecule has 0 heterocycles. The van der Waals surface area contributed by atoms with E-state index in [4.69, 9.17) is 4.74 Å². The summed E-state index contributed by atoms with van der Waals surface area (Å²) in [6, 6.07) is 21.5. The molecule has 9 heteroatoms. The van der Waals surface area contributed by atoms with Gasteiger partial charge in [-0.2, -0.15) is 0 Å². The molecule has 3 aromatic carbocycles. The normalized spacial score (nSPS) is 12.3. The molecule has 1 atom stereocenters. The highest BCUT2D eigenvalue weighted by Gasteiger charge is 2.34. The third kappa shape index (κ3) is 8.57. The van der Waals surface area contributed by atoms with Crippen molar-refractivity contribution in [2.24, 2.45) is 0 Å². The van der Waals surface area contributed by atoms with Crippen molar-refractivity contribution in [1.29, 1.82) is 0 Å². The number of nitrogens with one attached hydrogen (secondary N) is 1. The maximum atomic E-state index is 14.1. The number of hydrogen-bond acceptors (Lipinski definition) is 5. The van der Waals surface area contributed by atoms with Gasteiger partial charge < -0.3 is 15.0 Å². The highest BCUT2D eigenvalue weighted by molar-refractivity contribution is 7.92. The van der Waals surface area contributed by atoms with Gasteiger partial charge in [0.1, 0.15) is 18.3 Å². The molecule has 0 aliphatic rings. The van der Waals surface area contributed by atoms with Crippen LogP contribution in [0.3, 0.4) is 0 Å². The van der Waals surface area contributed by atoms with Crippen molar-refractivity contribution < 1.29 is 22.7 Å². The predicted molar refractivity (Wildman–Crippen MR) is 162 cm³/mol. The standard InChI is InChI=1S/C32H41N3O5S/c1-7-29(31(37)33-32(4,5)6)34(22-25-14-12-13-24(3)21-25)30(36)23-35(26-15-10-9-11-16-26)41(38,39)28-19-17-27(18-20-28)40-8-2/h9-21,29H,7-8,22-23H2,1-6H3,(H,33,37)/t29-/m0/s1. The second-order valence-corrected chi connectivity index (χ2v) is 12.8. The summed E-state index contributed by atoms with van der Waals surface area (Å²) >= 11 is 0. The molecule has 3 aromatic rings. The van der Waals surface area contributed by atoms with Gasteiger partial charge in [-0.1, -0.05) is 55.0 Å². The molecule has 0 bridgehead atoms. The molecule has 0 aliphatic carbocycles. The lowest BCUT2D eigenvalue weighted by Gasteiger charge is -2.34. The summed E-state index contributed by atoms with van der Waals surface area (Å²) in [5, 5.41) is 2.98. The first kappa shape index (κ1) is 31.7. The fourth-order valence-corrected chi connectivity index (χ4v) is 5.92. The van der Waals surface area contributed by atoms with Crippen LogP contribution in [0.1, 0.15) is 52.2 Å². The van der Waals surface area contributed by atoms with E-state index in [9.17, 15) is 18.0 Å². The summed E-state index contributed by atoms with van der Waals surface area (Å²) in [6.07, 6.45) is 0.358. The first-order chi connectivity index (χ1) is 19.4. The van der Waals surface area contributed by atoms with Gasteiger partial charge >= 0.3 is 0 Å². The van der Waals surface area contributed by atoms with Crippen molar-refractivity contribution in [1.82, 2.24) is 10.2 Å². The minimum absolute atomic E-state index is 0.0281. The van der Waals surface area contributed by atoms with Crippen LogP contribution in [-0.2, 0) is 26.2 Å². The van der Waals surface area contributed by atoms with Crippen molar-refractivity contribution in [3.8, 4) is 5.75 Å². The zero-order chi connectivity index (χ0) is 30.2. The largest absolute Gasteiger partial charge is 0.494 e. The van der Waals surface area contributed by atoms with Crippen molar-refractivity contribution >= 4 is 27.5 Å². The Kier molecular flexibility index (Phi) is 10.6. The fraction of sp³-hybridized carbons (Fsp3) is 0.375. The van der Waals surface area contributed by atoms with Gasteiger partial charge in [-0.15, -0.1) is 0 Å². The first-order valence-electron chi connectivity index (χ1n) is 13.8. The summed E-state index contributed by atoms with van der Waals surface area (Å²) in [7, 11) is -4.15. The average molecular weight is 580 g/mol. The molecule has 1 N–H and O–H groups in total. The quantitative estimate of drug-likeness (QED) is 0.314. The van der Waals surface area contributed by atoms with Crippen molar-refractivity contribution in [2.45, 2.75) is 71.0 Å². The highest BCUT2D eigenvalue weighted by atomic mass is 32.2. The molecule has 3 rings (SSSR count). The van der Waals surface area contributed by atoms with Gasteiger partial charge in [0.2, 0.25) is 11.8 Å². The van der Waals surface area contributed by atoms with Crippen LogP contribution >= 0.6 is 0 Å². The van der Waals surface area contributed by atoms with Crippen LogP contribution in [0.5, 0.6) is 5.75 Å². The third-order valence-electron chi connectivity index (χ3n) is 6.37. The van der Waals surface area contributed by atoms with Gasteiger partial charge in [-0.05, 0) is 83.0 Å². The van der Waals surface area contributed by atoms with E-state index in [1.54, 1.807) is 42.5 Å². The molecule has 0 aromatic heterocycles. The maximum absolute atomic E-state index is 14.1. The number of amides is 2. The Labute approximate surface area is 244 Å². The molecule has 0 saturated carbocycles. The number of hydrogen-bond donors (Lipinski definition) is 1. The fourth-order valence-electron chi connectivity index (χ4n) is 4.50. The number of carbonyl (C=O) groups excluding carboxylic acids is 2. The zero-order valence-electron chi connectivity index (χ0n) is 24.8. The van der Waals surface area contributed by atoms with Crippen molar-refractivity contribution in [2.75, 3.05) is 17.5 Å². The van der Waals surface area contributed by atoms with Crippen LogP contribution in [0, 0.1) is 6.92 Å². The average Bonchev–Trinajstić information content (AvgIpc) is 2.91. The number of carbonyl (C=O) groups is 2. The minimum Gasteiger partial charge on any atom is -0.494 e. The molecular weight excluding hydrogens is 538 g/mol. The molecule has 0 saturated heterocycles. The van der Waals surface area contributed by atoms with E-state index in [1.807, 2.05) is 65.8 Å². The van der Waals surface area contributed by atoms with E-state index in [1.165, 1.54) is 17.0 Å². The monoisotopic (exact) mass is 579 g/mol. The van der Waals surface area contributed by atoms with E-state index in [-0.39, 0.29) is 17.3 Å². The van der Waals surface area contributed by atoms with E-state index >= 15 is 0 Å². The van der Waals surface area contributed by atoms with Gasteiger partial charge in [0, 0.05) is 12.1 Å². The first-order valence-corrected chi connectivity index (χ1v) is 15.3. The van der Waals surface area contributed by atoms with Gasteiger partial charge in [-0.25, -0.2) is 8.42 Å². The number of sulfonamides is 1. The highest BCUT2D eigenvalue weighted by Crippen LogP contribution is 2.26. The summed E-state index contributed by atoms with van der Waals surface area (Å²) < 4.78 is 34.5. The maximum Gasteiger partial charge on any atom is 0.264 e. The predicted octanol–water partition coefficient (Wildman–Crippen LogP) is 5.31. The lowest BCUT2D eigenvalue weighted by molar-refractivity contribution is -0.141. The van der Waals surface area contributed by atoms with Gasteiger partial charge in [-0.3, -0.25) is 13.9 Å². The number of rotatable bonds is 12. The molecule has 0 aliphatic heterocycles. The smallest absolute Gasteiger partial charge is 0.264 e. The summed E-state index contributed by atoms with van der Waals surface area (Å²) in [5.74, 6) is -0.226. The molecule has 2 amide bonds. The van der Waals surface area contributed by atoms with Crippen LogP contribution in [0.4, 0.5) is 5.69 Å². The summed E-state index contributed by atoms with van der Waals surface area (Å²) in [4.78, 5) is 29.0. The van der Waals surface area contributed by atoms with Crippen molar-refractivity contribution in [3.05, 3.63) is 90.0 Å². The van der Waals surface area contributed by atoms with Gasteiger partial charge in [0.15, 0.2) is 0 Å². The van der Waals surface area contributed by atoms with E-state index < -0.39 is 34.1 Å². The third-order valence-corrected chi connectivity index (χ3v) is 8.15. The molecule has 220 valence electrons. The van der Waals surface area contributed by atoms with Crippen LogP contribution in [0.15, 0.2) is 83.8 Å². The Balaban J connectivity index is 2.04. The Bertz CT molecular complexity index is 1420. The number of ether oxygens (including phenoxy) is 1. The lowest BCUT2D eigenvalue weighted by atomic mass is 10.0. The van der Waals surface area contributed by atoms with Crippen LogP contribution in [0.2, 0.25) is 0 Å². The molecule has 0 radical (unpaired) electrons. The van der Waals surface area contributed by atoms with Gasteiger partial charge in [0.25, 0.3) is 10.0 Å². The second-order valence-electron chi connectivity index (χ2n) is 10.9. The zero-order valence-corrected chi connectivity index (χ0v) is 25.6. The molecule has 0 spiro atoms. The minimum atomic E-state index is -4.15. The van der Waals surface area contributed by atoms with Crippen LogP contribution in [-0.4, -0.2) is 49.9 Å². The second kappa shape index (κ2) is 13.7. The van der Waals surface area contributed by atoms with Crippen LogP contribution in [0.25, 0.3) is 0 Å². The molecule has 41 heavy (non-hydrogen) atoms. The molecule has 8 nitrogen and oxygen atoms in total. The number of benzene rings is 3. The summed E-state index contributed by atoms with van der Waals surface area (Å²) in [6.45, 7) is 11.4. The number of para-hydroxylation sites is 1. The number of aryl methyl sites for hydroxylation is 1. The van der Waals surface area contributed by atoms with E-state index in [0.717, 1.165) is 15.4 Å².